The highest BCUT2D eigenvalue weighted by Crippen LogP contribution is 2.29. The lowest BCUT2D eigenvalue weighted by Gasteiger charge is -2.09. The van der Waals surface area contributed by atoms with Crippen LogP contribution in [-0.4, -0.2) is 45.3 Å². The van der Waals surface area contributed by atoms with Gasteiger partial charge in [-0.25, -0.2) is 0 Å². The number of halogens is 2. The van der Waals surface area contributed by atoms with Crippen molar-refractivity contribution in [3.8, 4) is 0 Å². The maximum atomic E-state index is 11.6. The second kappa shape index (κ2) is 9.57. The van der Waals surface area contributed by atoms with Crippen LogP contribution >= 0.6 is 23.2 Å². The number of methoxy groups -OCH3 is 1. The summed E-state index contributed by atoms with van der Waals surface area (Å²) in [5.41, 5.74) is 0.391. The van der Waals surface area contributed by atoms with Gasteiger partial charge in [-0.05, 0) is 12.1 Å². The third-order valence-corrected chi connectivity index (χ3v) is 3.14. The molecule has 0 unspecified atom stereocenters. The average Bonchev–Trinajstić information content (AvgIpc) is 2.44. The van der Waals surface area contributed by atoms with E-state index < -0.39 is 5.91 Å². The number of benzene rings is 1. The molecule has 0 heterocycles. The quantitative estimate of drug-likeness (QED) is 0.709. The van der Waals surface area contributed by atoms with Gasteiger partial charge in [-0.3, -0.25) is 9.59 Å². The Morgan fingerprint density at radius 2 is 1.90 bits per heavy atom. The van der Waals surface area contributed by atoms with E-state index in [1.165, 1.54) is 7.11 Å². The number of carbonyl (C=O) groups excluding carboxylic acids is 2. The largest absolute Gasteiger partial charge is 0.383 e. The third kappa shape index (κ3) is 6.77. The molecule has 0 aliphatic heterocycles. The zero-order valence-corrected chi connectivity index (χ0v) is 13.0. The van der Waals surface area contributed by atoms with Crippen molar-refractivity contribution >= 4 is 40.7 Å². The molecule has 0 atom stereocenters. The maximum Gasteiger partial charge on any atom is 0.250 e. The van der Waals surface area contributed by atoms with E-state index in [4.69, 9.17) is 32.7 Å². The number of anilines is 1. The van der Waals surface area contributed by atoms with Crippen molar-refractivity contribution in [1.29, 1.82) is 0 Å². The molecule has 2 N–H and O–H groups in total. The zero-order valence-electron chi connectivity index (χ0n) is 11.4. The summed E-state index contributed by atoms with van der Waals surface area (Å²) < 4.78 is 9.77. The first-order valence-electron chi connectivity index (χ1n) is 6.12. The molecule has 116 valence electrons. The standard InChI is InChI=1S/C13H16Cl2N2O4/c1-20-6-5-16-11(18)7-21-8-12(19)17-10-4-2-3-9(14)13(10)15/h2-4H,5-8H2,1H3,(H,16,18)(H,17,19). The van der Waals surface area contributed by atoms with E-state index >= 15 is 0 Å². The van der Waals surface area contributed by atoms with Gasteiger partial charge in [0.15, 0.2) is 0 Å². The summed E-state index contributed by atoms with van der Waals surface area (Å²) in [6.07, 6.45) is 0. The molecule has 0 saturated carbocycles. The van der Waals surface area contributed by atoms with Gasteiger partial charge in [0.05, 0.1) is 22.3 Å². The lowest BCUT2D eigenvalue weighted by molar-refractivity contribution is -0.128. The number of hydrogen-bond acceptors (Lipinski definition) is 4. The van der Waals surface area contributed by atoms with Gasteiger partial charge in [-0.2, -0.15) is 0 Å². The Balaban J connectivity index is 2.28. The summed E-state index contributed by atoms with van der Waals surface area (Å²) in [5, 5.41) is 5.70. The van der Waals surface area contributed by atoms with Crippen molar-refractivity contribution in [3.05, 3.63) is 28.2 Å². The van der Waals surface area contributed by atoms with Gasteiger partial charge in [0.1, 0.15) is 13.2 Å². The van der Waals surface area contributed by atoms with Gasteiger partial charge in [-0.1, -0.05) is 29.3 Å². The fourth-order valence-corrected chi connectivity index (χ4v) is 1.71. The van der Waals surface area contributed by atoms with Crippen molar-refractivity contribution in [2.45, 2.75) is 0 Å². The minimum absolute atomic E-state index is 0.208. The van der Waals surface area contributed by atoms with Crippen LogP contribution in [0.5, 0.6) is 0 Å². The number of rotatable bonds is 8. The van der Waals surface area contributed by atoms with Gasteiger partial charge in [0, 0.05) is 13.7 Å². The van der Waals surface area contributed by atoms with E-state index in [0.29, 0.717) is 23.9 Å². The SMILES string of the molecule is COCCNC(=O)COCC(=O)Nc1cccc(Cl)c1Cl. The molecule has 2 amide bonds. The van der Waals surface area contributed by atoms with Crippen LogP contribution in [0.15, 0.2) is 18.2 Å². The molecule has 0 radical (unpaired) electrons. The average molecular weight is 335 g/mol. The van der Waals surface area contributed by atoms with E-state index in [9.17, 15) is 9.59 Å². The number of nitrogens with one attached hydrogen (secondary N) is 2. The first-order chi connectivity index (χ1) is 10.0. The van der Waals surface area contributed by atoms with E-state index in [1.54, 1.807) is 18.2 Å². The van der Waals surface area contributed by atoms with Crippen molar-refractivity contribution < 1.29 is 19.1 Å². The van der Waals surface area contributed by atoms with Crippen LogP contribution in [0.4, 0.5) is 5.69 Å². The van der Waals surface area contributed by atoms with E-state index in [-0.39, 0.29) is 24.1 Å². The Labute approximate surface area is 132 Å². The Bertz CT molecular complexity index is 497. The summed E-state index contributed by atoms with van der Waals surface area (Å²) in [6.45, 7) is 0.337. The van der Waals surface area contributed by atoms with Gasteiger partial charge in [0.25, 0.3) is 0 Å². The number of ether oxygens (including phenoxy) is 2. The maximum absolute atomic E-state index is 11.6. The van der Waals surface area contributed by atoms with Crippen LogP contribution in [0.2, 0.25) is 10.0 Å². The van der Waals surface area contributed by atoms with E-state index in [1.807, 2.05) is 0 Å². The lowest BCUT2D eigenvalue weighted by atomic mass is 10.3. The minimum Gasteiger partial charge on any atom is -0.383 e. The van der Waals surface area contributed by atoms with Crippen molar-refractivity contribution in [3.63, 3.8) is 0 Å². The van der Waals surface area contributed by atoms with Gasteiger partial charge in [0.2, 0.25) is 11.8 Å². The zero-order chi connectivity index (χ0) is 15.7. The number of amides is 2. The molecule has 8 heteroatoms. The Morgan fingerprint density at radius 3 is 2.62 bits per heavy atom. The Hall–Kier alpha value is -1.34. The predicted molar refractivity (Wildman–Crippen MR) is 80.8 cm³/mol. The summed E-state index contributed by atoms with van der Waals surface area (Å²) in [7, 11) is 1.54. The highest BCUT2D eigenvalue weighted by Gasteiger charge is 2.09. The molecule has 1 rings (SSSR count). The Kier molecular flexibility index (Phi) is 8.07. The third-order valence-electron chi connectivity index (χ3n) is 2.32. The normalized spacial score (nSPS) is 10.2. The summed E-state index contributed by atoms with van der Waals surface area (Å²) in [6, 6.07) is 4.89. The molecule has 0 bridgehead atoms. The van der Waals surface area contributed by atoms with E-state index in [2.05, 4.69) is 10.6 Å². The van der Waals surface area contributed by atoms with Crippen LogP contribution in [0.25, 0.3) is 0 Å². The topological polar surface area (TPSA) is 76.7 Å². The van der Waals surface area contributed by atoms with E-state index in [0.717, 1.165) is 0 Å². The van der Waals surface area contributed by atoms with Crippen LogP contribution in [0.1, 0.15) is 0 Å². The van der Waals surface area contributed by atoms with Gasteiger partial charge < -0.3 is 20.1 Å². The number of hydrogen-bond donors (Lipinski definition) is 2. The lowest BCUT2D eigenvalue weighted by Crippen LogP contribution is -2.31. The molecule has 0 spiro atoms. The van der Waals surface area contributed by atoms with Crippen LogP contribution in [0.3, 0.4) is 0 Å². The fraction of sp³-hybridized carbons (Fsp3) is 0.385. The molecule has 0 aromatic heterocycles. The molecule has 21 heavy (non-hydrogen) atoms. The highest BCUT2D eigenvalue weighted by atomic mass is 35.5. The summed E-state index contributed by atoms with van der Waals surface area (Å²) >= 11 is 11.8. The second-order valence-electron chi connectivity index (χ2n) is 3.99. The van der Waals surface area contributed by atoms with Crippen molar-refractivity contribution in [1.82, 2.24) is 5.32 Å². The predicted octanol–water partition coefficient (Wildman–Crippen LogP) is 1.71. The smallest absolute Gasteiger partial charge is 0.250 e. The summed E-state index contributed by atoms with van der Waals surface area (Å²) in [4.78, 5) is 22.9. The first-order valence-corrected chi connectivity index (χ1v) is 6.87. The molecular weight excluding hydrogens is 319 g/mol. The highest BCUT2D eigenvalue weighted by molar-refractivity contribution is 6.43. The first kappa shape index (κ1) is 17.7. The minimum atomic E-state index is -0.427. The molecule has 0 aliphatic carbocycles. The molecular formula is C13H16Cl2N2O4. The molecule has 0 saturated heterocycles. The van der Waals surface area contributed by atoms with Crippen LogP contribution < -0.4 is 10.6 Å². The molecule has 1 aromatic rings. The fourth-order valence-electron chi connectivity index (χ4n) is 1.37. The number of carbonyl (C=O) groups is 2. The Morgan fingerprint density at radius 1 is 1.19 bits per heavy atom. The van der Waals surface area contributed by atoms with Gasteiger partial charge in [-0.15, -0.1) is 0 Å². The molecule has 1 aromatic carbocycles. The molecule has 0 fully saturated rings. The second-order valence-corrected chi connectivity index (χ2v) is 4.77. The molecule has 6 nitrogen and oxygen atoms in total. The van der Waals surface area contributed by atoms with Crippen molar-refractivity contribution in [2.24, 2.45) is 0 Å². The van der Waals surface area contributed by atoms with Crippen LogP contribution in [0, 0.1) is 0 Å². The van der Waals surface area contributed by atoms with Gasteiger partial charge >= 0.3 is 0 Å². The van der Waals surface area contributed by atoms with Crippen LogP contribution in [-0.2, 0) is 19.1 Å². The van der Waals surface area contributed by atoms with Crippen molar-refractivity contribution in [2.75, 3.05) is 38.8 Å². The summed E-state index contributed by atoms with van der Waals surface area (Å²) in [5.74, 6) is -0.746. The monoisotopic (exact) mass is 334 g/mol. The molecule has 0 aliphatic rings.